The first-order valence-corrected chi connectivity index (χ1v) is 20.6. The third-order valence-electron chi connectivity index (χ3n) is 12.2. The highest BCUT2D eigenvalue weighted by molar-refractivity contribution is 6.12. The number of fused-ring (bicyclic) bond motifs is 6. The maximum absolute atomic E-state index is 14.1. The van der Waals surface area contributed by atoms with Crippen molar-refractivity contribution in [3.8, 4) is 50.8 Å². The van der Waals surface area contributed by atoms with Crippen LogP contribution in [0, 0.1) is 25.2 Å². The Morgan fingerprint density at radius 2 is 0.909 bits per heavy atom. The number of aromatic nitrogens is 2. The summed E-state index contributed by atoms with van der Waals surface area (Å²) >= 11 is 0. The van der Waals surface area contributed by atoms with Crippen LogP contribution < -0.4 is 0 Å². The molecule has 0 saturated heterocycles. The van der Waals surface area contributed by atoms with Gasteiger partial charge in [0.2, 0.25) is 0 Å². The molecule has 0 aliphatic heterocycles. The standard InChI is InChI=1S/C54H32F9N3/c1-30-20-36(23-38(21-30)52(55,56)57)33-14-17-45-43-11-4-6-13-48(43)66(50(45)27-33)51-31(2)46(19-18-41(51)35-9-7-8-32(22-35)29-64)65-47-12-5-3-10-42(47)44-16-15-34(26-49(44)65)37-24-39(53(58,59)60)28-40(25-37)54(61,62)63/h3-28H,1-2H3. The van der Waals surface area contributed by atoms with Crippen LogP contribution in [-0.4, -0.2) is 9.13 Å². The van der Waals surface area contributed by atoms with E-state index in [1.165, 1.54) is 6.07 Å². The summed E-state index contributed by atoms with van der Waals surface area (Å²) in [6, 6.07) is 44.1. The molecule has 2 aromatic heterocycles. The highest BCUT2D eigenvalue weighted by atomic mass is 19.4. The maximum Gasteiger partial charge on any atom is 0.416 e. The monoisotopic (exact) mass is 893 g/mol. The van der Waals surface area contributed by atoms with Gasteiger partial charge in [-0.05, 0) is 126 Å². The Hall–Kier alpha value is -7.78. The average molecular weight is 894 g/mol. The van der Waals surface area contributed by atoms with E-state index in [1.54, 1.807) is 49.4 Å². The molecule has 66 heavy (non-hydrogen) atoms. The second-order valence-electron chi connectivity index (χ2n) is 16.3. The van der Waals surface area contributed by atoms with E-state index in [2.05, 4.69) is 10.6 Å². The van der Waals surface area contributed by atoms with E-state index in [-0.39, 0.29) is 17.2 Å². The molecule has 10 rings (SSSR count). The SMILES string of the molecule is Cc1cc(-c2ccc3c4ccccc4n(-c4c(-c5cccc(C#N)c5)ccc(-n5c6ccccc6c6ccc(-c7cc(C(F)(F)F)cc(C(F)(F)F)c7)cc65)c4C)c3c2)cc(C(F)(F)F)c1. The number of hydrogen-bond donors (Lipinski definition) is 0. The summed E-state index contributed by atoms with van der Waals surface area (Å²) in [6.07, 6.45) is -14.7. The predicted octanol–water partition coefficient (Wildman–Crippen LogP) is 16.4. The van der Waals surface area contributed by atoms with Gasteiger partial charge in [0, 0.05) is 27.1 Å². The molecule has 0 aliphatic rings. The lowest BCUT2D eigenvalue weighted by Crippen LogP contribution is -2.11. The van der Waals surface area contributed by atoms with Crippen LogP contribution in [0.15, 0.2) is 158 Å². The Morgan fingerprint density at radius 1 is 0.409 bits per heavy atom. The molecule has 0 bridgehead atoms. The topological polar surface area (TPSA) is 33.6 Å². The van der Waals surface area contributed by atoms with Gasteiger partial charge in [0.15, 0.2) is 0 Å². The van der Waals surface area contributed by atoms with Crippen LogP contribution in [0.2, 0.25) is 0 Å². The molecule has 0 atom stereocenters. The van der Waals surface area contributed by atoms with E-state index in [9.17, 15) is 44.8 Å². The van der Waals surface area contributed by atoms with Gasteiger partial charge in [0.1, 0.15) is 0 Å². The molecule has 0 N–H and O–H groups in total. The minimum absolute atomic E-state index is 0.107. The first-order chi connectivity index (χ1) is 31.4. The Kier molecular flexibility index (Phi) is 9.69. The molecular weight excluding hydrogens is 862 g/mol. The Balaban J connectivity index is 1.29. The van der Waals surface area contributed by atoms with Gasteiger partial charge < -0.3 is 9.13 Å². The van der Waals surface area contributed by atoms with Gasteiger partial charge >= 0.3 is 18.5 Å². The summed E-state index contributed by atoms with van der Waals surface area (Å²) in [6.45, 7) is 3.53. The number of benzene rings is 8. The first-order valence-electron chi connectivity index (χ1n) is 20.6. The molecular formula is C54H32F9N3. The molecule has 0 unspecified atom stereocenters. The van der Waals surface area contributed by atoms with Gasteiger partial charge in [0.05, 0.1) is 61.8 Å². The second-order valence-corrected chi connectivity index (χ2v) is 16.3. The molecule has 0 saturated carbocycles. The lowest BCUT2D eigenvalue weighted by atomic mass is 9.96. The number of para-hydroxylation sites is 2. The van der Waals surface area contributed by atoms with Crippen molar-refractivity contribution >= 4 is 43.6 Å². The lowest BCUT2D eigenvalue weighted by molar-refractivity contribution is -0.143. The number of hydrogen-bond acceptors (Lipinski definition) is 1. The molecule has 10 aromatic rings. The fourth-order valence-corrected chi connectivity index (χ4v) is 9.24. The largest absolute Gasteiger partial charge is 0.416 e. The molecule has 0 fully saturated rings. The average Bonchev–Trinajstić information content (AvgIpc) is 3.79. The van der Waals surface area contributed by atoms with Gasteiger partial charge in [-0.15, -0.1) is 0 Å². The van der Waals surface area contributed by atoms with E-state index in [1.807, 2.05) is 90.4 Å². The Bertz CT molecular complexity index is 3620. The summed E-state index contributed by atoms with van der Waals surface area (Å²) in [4.78, 5) is 0. The Morgan fingerprint density at radius 3 is 1.47 bits per heavy atom. The molecule has 2 heterocycles. The maximum atomic E-state index is 14.1. The molecule has 12 heteroatoms. The number of rotatable bonds is 5. The van der Waals surface area contributed by atoms with E-state index in [0.29, 0.717) is 84.4 Å². The summed E-state index contributed by atoms with van der Waals surface area (Å²) in [5.74, 6) is 0. The summed E-state index contributed by atoms with van der Waals surface area (Å²) in [5.41, 5.74) is 4.07. The van der Waals surface area contributed by atoms with E-state index >= 15 is 0 Å². The predicted molar refractivity (Wildman–Crippen MR) is 241 cm³/mol. The van der Waals surface area contributed by atoms with Crippen LogP contribution in [0.3, 0.4) is 0 Å². The van der Waals surface area contributed by atoms with Crippen LogP contribution >= 0.6 is 0 Å². The molecule has 0 radical (unpaired) electrons. The van der Waals surface area contributed by atoms with Gasteiger partial charge in [0.25, 0.3) is 0 Å². The summed E-state index contributed by atoms with van der Waals surface area (Å²) in [7, 11) is 0. The zero-order chi connectivity index (χ0) is 46.4. The van der Waals surface area contributed by atoms with Crippen molar-refractivity contribution in [1.82, 2.24) is 9.13 Å². The second kappa shape index (κ2) is 15.2. The number of nitriles is 1. The highest BCUT2D eigenvalue weighted by Crippen LogP contribution is 2.45. The van der Waals surface area contributed by atoms with Crippen molar-refractivity contribution in [2.75, 3.05) is 0 Å². The van der Waals surface area contributed by atoms with Gasteiger partial charge in [-0.25, -0.2) is 0 Å². The Labute approximate surface area is 370 Å². The zero-order valence-corrected chi connectivity index (χ0v) is 34.8. The lowest BCUT2D eigenvalue weighted by Gasteiger charge is -2.22. The first kappa shape index (κ1) is 42.2. The normalized spacial score (nSPS) is 12.5. The zero-order valence-electron chi connectivity index (χ0n) is 34.8. The number of aryl methyl sites for hydroxylation is 1. The van der Waals surface area contributed by atoms with E-state index in [0.717, 1.165) is 33.8 Å². The van der Waals surface area contributed by atoms with Crippen LogP contribution in [0.1, 0.15) is 33.4 Å². The van der Waals surface area contributed by atoms with Gasteiger partial charge in [-0.3, -0.25) is 0 Å². The number of alkyl halides is 9. The minimum atomic E-state index is -5.04. The van der Waals surface area contributed by atoms with Crippen molar-refractivity contribution in [3.05, 3.63) is 191 Å². The molecule has 3 nitrogen and oxygen atoms in total. The van der Waals surface area contributed by atoms with E-state index in [4.69, 9.17) is 0 Å². The smallest absolute Gasteiger partial charge is 0.309 e. The number of halogens is 9. The molecule has 326 valence electrons. The summed E-state index contributed by atoms with van der Waals surface area (Å²) in [5, 5.41) is 13.1. The van der Waals surface area contributed by atoms with Crippen LogP contribution in [0.5, 0.6) is 0 Å². The van der Waals surface area contributed by atoms with Crippen molar-refractivity contribution in [3.63, 3.8) is 0 Å². The molecule has 0 aliphatic carbocycles. The third kappa shape index (κ3) is 7.12. The fourth-order valence-electron chi connectivity index (χ4n) is 9.24. The van der Waals surface area contributed by atoms with Gasteiger partial charge in [-0.2, -0.15) is 44.8 Å². The summed E-state index contributed by atoms with van der Waals surface area (Å²) < 4.78 is 131. The van der Waals surface area contributed by atoms with Crippen molar-refractivity contribution in [1.29, 1.82) is 5.26 Å². The van der Waals surface area contributed by atoms with Crippen LogP contribution in [0.4, 0.5) is 39.5 Å². The van der Waals surface area contributed by atoms with Crippen LogP contribution in [-0.2, 0) is 18.5 Å². The fraction of sp³-hybridized carbons (Fsp3) is 0.0926. The van der Waals surface area contributed by atoms with E-state index < -0.39 is 35.2 Å². The third-order valence-corrected chi connectivity index (χ3v) is 12.2. The quantitative estimate of drug-likeness (QED) is 0.159. The minimum Gasteiger partial charge on any atom is -0.309 e. The molecule has 0 spiro atoms. The van der Waals surface area contributed by atoms with Crippen molar-refractivity contribution in [2.24, 2.45) is 0 Å². The number of nitrogens with zero attached hydrogens (tertiary/aromatic N) is 3. The molecule has 8 aromatic carbocycles. The van der Waals surface area contributed by atoms with Crippen LogP contribution in [0.25, 0.3) is 88.4 Å². The van der Waals surface area contributed by atoms with Crippen molar-refractivity contribution < 1.29 is 39.5 Å². The van der Waals surface area contributed by atoms with Gasteiger partial charge in [-0.1, -0.05) is 84.9 Å². The molecule has 0 amide bonds. The highest BCUT2D eigenvalue weighted by Gasteiger charge is 2.37. The van der Waals surface area contributed by atoms with Crippen molar-refractivity contribution in [2.45, 2.75) is 32.4 Å².